The van der Waals surface area contributed by atoms with Crippen LogP contribution in [0, 0.1) is 13.8 Å². The third-order valence-corrected chi connectivity index (χ3v) is 5.25. The maximum absolute atomic E-state index is 12.2. The Hall–Kier alpha value is -3.12. The first-order valence-corrected chi connectivity index (χ1v) is 10.2. The van der Waals surface area contributed by atoms with E-state index in [0.29, 0.717) is 23.7 Å². The summed E-state index contributed by atoms with van der Waals surface area (Å²) in [5.41, 5.74) is 4.52. The molecule has 0 fully saturated rings. The number of carbonyl (C=O) groups excluding carboxylic acids is 2. The van der Waals surface area contributed by atoms with Gasteiger partial charge in [-0.3, -0.25) is 14.3 Å². The predicted molar refractivity (Wildman–Crippen MR) is 117 cm³/mol. The maximum atomic E-state index is 12.2. The van der Waals surface area contributed by atoms with Crippen LogP contribution in [0.15, 0.2) is 54.6 Å². The summed E-state index contributed by atoms with van der Waals surface area (Å²) in [6, 6.07) is 16.9. The van der Waals surface area contributed by atoms with Gasteiger partial charge in [0.15, 0.2) is 0 Å². The van der Waals surface area contributed by atoms with Gasteiger partial charge in [-0.05, 0) is 31.5 Å². The van der Waals surface area contributed by atoms with Crippen molar-refractivity contribution in [1.82, 2.24) is 20.4 Å². The summed E-state index contributed by atoms with van der Waals surface area (Å²) in [4.78, 5) is 24.3. The number of halogens is 1. The van der Waals surface area contributed by atoms with Crippen LogP contribution in [0.5, 0.6) is 0 Å². The van der Waals surface area contributed by atoms with Crippen molar-refractivity contribution >= 4 is 23.4 Å². The van der Waals surface area contributed by atoms with Crippen molar-refractivity contribution in [3.05, 3.63) is 87.7 Å². The lowest BCUT2D eigenvalue weighted by molar-refractivity contribution is -0.121. The normalized spacial score (nSPS) is 10.6. The average Bonchev–Trinajstić information content (AvgIpc) is 3.00. The van der Waals surface area contributed by atoms with E-state index in [4.69, 9.17) is 11.6 Å². The van der Waals surface area contributed by atoms with Crippen molar-refractivity contribution < 1.29 is 9.59 Å². The SMILES string of the molecule is Cc1nn(Cc2ccccc2)c(C)c1CNC(=O)CCNC(=O)c1ccccc1Cl. The van der Waals surface area contributed by atoms with Gasteiger partial charge < -0.3 is 10.6 Å². The number of nitrogens with zero attached hydrogens (tertiary/aromatic N) is 2. The molecule has 0 saturated carbocycles. The minimum absolute atomic E-state index is 0.135. The molecule has 1 aromatic heterocycles. The average molecular weight is 425 g/mol. The zero-order valence-corrected chi connectivity index (χ0v) is 17.9. The Labute approximate surface area is 181 Å². The Morgan fingerprint density at radius 1 is 1.00 bits per heavy atom. The highest BCUT2D eigenvalue weighted by molar-refractivity contribution is 6.33. The van der Waals surface area contributed by atoms with Crippen molar-refractivity contribution in [3.8, 4) is 0 Å². The van der Waals surface area contributed by atoms with Crippen molar-refractivity contribution in [1.29, 1.82) is 0 Å². The zero-order valence-electron chi connectivity index (χ0n) is 17.1. The number of hydrogen-bond acceptors (Lipinski definition) is 3. The smallest absolute Gasteiger partial charge is 0.252 e. The molecule has 3 rings (SSSR count). The van der Waals surface area contributed by atoms with Gasteiger partial charge in [0.1, 0.15) is 0 Å². The topological polar surface area (TPSA) is 76.0 Å². The van der Waals surface area contributed by atoms with Gasteiger partial charge in [0.25, 0.3) is 5.91 Å². The van der Waals surface area contributed by atoms with Crippen LogP contribution in [0.1, 0.15) is 39.3 Å². The highest BCUT2D eigenvalue weighted by atomic mass is 35.5. The second-order valence-electron chi connectivity index (χ2n) is 7.06. The molecule has 156 valence electrons. The largest absolute Gasteiger partial charge is 0.352 e. The first-order chi connectivity index (χ1) is 14.5. The minimum atomic E-state index is -0.290. The summed E-state index contributed by atoms with van der Waals surface area (Å²) in [6.45, 7) is 5.29. The van der Waals surface area contributed by atoms with Crippen molar-refractivity contribution in [2.45, 2.75) is 33.4 Å². The third-order valence-electron chi connectivity index (χ3n) is 4.92. The van der Waals surface area contributed by atoms with Crippen LogP contribution in [0.3, 0.4) is 0 Å². The number of aromatic nitrogens is 2. The molecule has 0 aliphatic carbocycles. The van der Waals surface area contributed by atoms with Gasteiger partial charge in [-0.25, -0.2) is 0 Å². The van der Waals surface area contributed by atoms with E-state index in [-0.39, 0.29) is 24.8 Å². The fraction of sp³-hybridized carbons (Fsp3) is 0.261. The van der Waals surface area contributed by atoms with E-state index >= 15 is 0 Å². The Kier molecular flexibility index (Phi) is 7.25. The van der Waals surface area contributed by atoms with E-state index in [1.807, 2.05) is 36.7 Å². The van der Waals surface area contributed by atoms with E-state index in [1.54, 1.807) is 24.3 Å². The molecule has 0 bridgehead atoms. The number of nitrogens with one attached hydrogen (secondary N) is 2. The second-order valence-corrected chi connectivity index (χ2v) is 7.46. The summed E-state index contributed by atoms with van der Waals surface area (Å²) in [5, 5.41) is 10.6. The highest BCUT2D eigenvalue weighted by Gasteiger charge is 2.14. The number of aryl methyl sites for hydroxylation is 1. The quantitative estimate of drug-likeness (QED) is 0.579. The van der Waals surface area contributed by atoms with E-state index in [9.17, 15) is 9.59 Å². The van der Waals surface area contributed by atoms with Crippen molar-refractivity contribution in [2.75, 3.05) is 6.54 Å². The van der Waals surface area contributed by atoms with Crippen molar-refractivity contribution in [2.24, 2.45) is 0 Å². The molecule has 6 nitrogen and oxygen atoms in total. The number of benzene rings is 2. The predicted octanol–water partition coefficient (Wildman–Crippen LogP) is 3.64. The van der Waals surface area contributed by atoms with E-state index in [1.165, 1.54) is 5.56 Å². The van der Waals surface area contributed by atoms with Gasteiger partial charge in [0.2, 0.25) is 5.91 Å². The van der Waals surface area contributed by atoms with Crippen LogP contribution in [-0.2, 0) is 17.9 Å². The fourth-order valence-corrected chi connectivity index (χ4v) is 3.43. The number of amides is 2. The Morgan fingerprint density at radius 3 is 2.43 bits per heavy atom. The van der Waals surface area contributed by atoms with Gasteiger partial charge in [-0.1, -0.05) is 54.1 Å². The van der Waals surface area contributed by atoms with Crippen LogP contribution in [0.2, 0.25) is 5.02 Å². The Morgan fingerprint density at radius 2 is 1.70 bits per heavy atom. The van der Waals surface area contributed by atoms with Crippen LogP contribution in [0.4, 0.5) is 0 Å². The molecule has 0 aliphatic heterocycles. The lowest BCUT2D eigenvalue weighted by Gasteiger charge is -2.09. The molecule has 0 unspecified atom stereocenters. The van der Waals surface area contributed by atoms with Crippen LogP contribution >= 0.6 is 11.6 Å². The molecule has 30 heavy (non-hydrogen) atoms. The standard InChI is InChI=1S/C23H25ClN4O2/c1-16-20(17(2)28(27-16)15-18-8-4-3-5-9-18)14-26-22(29)12-13-25-23(30)19-10-6-7-11-21(19)24/h3-11H,12-15H2,1-2H3,(H,25,30)(H,26,29). The molecule has 2 amide bonds. The fourth-order valence-electron chi connectivity index (χ4n) is 3.21. The molecule has 0 spiro atoms. The van der Waals surface area contributed by atoms with Gasteiger partial charge in [0, 0.05) is 30.8 Å². The number of carbonyl (C=O) groups is 2. The lowest BCUT2D eigenvalue weighted by atomic mass is 10.2. The van der Waals surface area contributed by atoms with Crippen LogP contribution < -0.4 is 10.6 Å². The first kappa shape index (κ1) is 21.6. The molecule has 3 aromatic rings. The summed E-state index contributed by atoms with van der Waals surface area (Å²) in [6.07, 6.45) is 0.187. The molecule has 0 atom stereocenters. The summed E-state index contributed by atoms with van der Waals surface area (Å²) in [7, 11) is 0. The first-order valence-electron chi connectivity index (χ1n) is 9.82. The third kappa shape index (κ3) is 5.48. The van der Waals surface area contributed by atoms with Crippen LogP contribution in [-0.4, -0.2) is 28.1 Å². The van der Waals surface area contributed by atoms with E-state index < -0.39 is 0 Å². The second kappa shape index (κ2) is 10.1. The summed E-state index contributed by atoms with van der Waals surface area (Å²) in [5.74, 6) is -0.425. The monoisotopic (exact) mass is 424 g/mol. The van der Waals surface area contributed by atoms with Crippen molar-refractivity contribution in [3.63, 3.8) is 0 Å². The van der Waals surface area contributed by atoms with Crippen LogP contribution in [0.25, 0.3) is 0 Å². The molecule has 0 aliphatic rings. The van der Waals surface area contributed by atoms with Gasteiger partial charge >= 0.3 is 0 Å². The number of rotatable bonds is 8. The van der Waals surface area contributed by atoms with Gasteiger partial charge in [0.05, 0.1) is 22.8 Å². The highest BCUT2D eigenvalue weighted by Crippen LogP contribution is 2.15. The van der Waals surface area contributed by atoms with Gasteiger partial charge in [-0.15, -0.1) is 0 Å². The summed E-state index contributed by atoms with van der Waals surface area (Å²) < 4.78 is 1.95. The Balaban J connectivity index is 1.49. The van der Waals surface area contributed by atoms with E-state index in [2.05, 4.69) is 27.9 Å². The zero-order chi connectivity index (χ0) is 21.5. The number of hydrogen-bond donors (Lipinski definition) is 2. The molecular weight excluding hydrogens is 400 g/mol. The molecular formula is C23H25ClN4O2. The molecule has 2 aromatic carbocycles. The molecule has 7 heteroatoms. The van der Waals surface area contributed by atoms with Gasteiger partial charge in [-0.2, -0.15) is 5.10 Å². The lowest BCUT2D eigenvalue weighted by Crippen LogP contribution is -2.30. The molecule has 0 saturated heterocycles. The summed E-state index contributed by atoms with van der Waals surface area (Å²) >= 11 is 6.01. The minimum Gasteiger partial charge on any atom is -0.352 e. The molecule has 0 radical (unpaired) electrons. The molecule has 2 N–H and O–H groups in total. The van der Waals surface area contributed by atoms with E-state index in [0.717, 1.165) is 17.0 Å². The maximum Gasteiger partial charge on any atom is 0.252 e. The molecule has 1 heterocycles. The Bertz CT molecular complexity index is 1030.